The van der Waals surface area contributed by atoms with Gasteiger partial charge < -0.3 is 10.2 Å². The first-order valence-corrected chi connectivity index (χ1v) is 5.65. The SMILES string of the molecule is CNc1cncc(N2CCCCCC2)n1. The summed E-state index contributed by atoms with van der Waals surface area (Å²) in [6.45, 7) is 2.23. The molecule has 0 atom stereocenters. The van der Waals surface area contributed by atoms with Gasteiger partial charge in [-0.05, 0) is 12.8 Å². The molecule has 2 heterocycles. The lowest BCUT2D eigenvalue weighted by Crippen LogP contribution is -2.25. The predicted molar refractivity (Wildman–Crippen MR) is 62.3 cm³/mol. The number of anilines is 2. The maximum Gasteiger partial charge on any atom is 0.149 e. The molecule has 1 saturated heterocycles. The number of nitrogens with zero attached hydrogens (tertiary/aromatic N) is 3. The fraction of sp³-hybridized carbons (Fsp3) is 0.636. The molecule has 4 nitrogen and oxygen atoms in total. The molecule has 0 amide bonds. The van der Waals surface area contributed by atoms with Crippen molar-refractivity contribution in [3.63, 3.8) is 0 Å². The molecular weight excluding hydrogens is 188 g/mol. The van der Waals surface area contributed by atoms with Gasteiger partial charge in [0.15, 0.2) is 0 Å². The van der Waals surface area contributed by atoms with E-state index in [0.29, 0.717) is 0 Å². The summed E-state index contributed by atoms with van der Waals surface area (Å²) in [4.78, 5) is 11.0. The summed E-state index contributed by atoms with van der Waals surface area (Å²) in [7, 11) is 1.87. The third-order valence-corrected chi connectivity index (χ3v) is 2.81. The molecule has 1 aliphatic rings. The Bertz CT molecular complexity index is 305. The molecule has 82 valence electrons. The second-order valence-corrected chi connectivity index (χ2v) is 3.91. The summed E-state index contributed by atoms with van der Waals surface area (Å²) in [5.74, 6) is 1.85. The van der Waals surface area contributed by atoms with Crippen LogP contribution in [0.3, 0.4) is 0 Å². The van der Waals surface area contributed by atoms with Gasteiger partial charge in [0.05, 0.1) is 12.4 Å². The van der Waals surface area contributed by atoms with E-state index >= 15 is 0 Å². The second kappa shape index (κ2) is 4.96. The summed E-state index contributed by atoms with van der Waals surface area (Å²) in [5, 5.41) is 3.02. The zero-order valence-corrected chi connectivity index (χ0v) is 9.24. The first-order valence-electron chi connectivity index (χ1n) is 5.65. The van der Waals surface area contributed by atoms with Crippen molar-refractivity contribution in [2.75, 3.05) is 30.4 Å². The van der Waals surface area contributed by atoms with Crippen molar-refractivity contribution in [3.05, 3.63) is 12.4 Å². The largest absolute Gasteiger partial charge is 0.372 e. The normalized spacial score (nSPS) is 17.3. The van der Waals surface area contributed by atoms with Gasteiger partial charge in [0.2, 0.25) is 0 Å². The minimum absolute atomic E-state index is 0.844. The highest BCUT2D eigenvalue weighted by Crippen LogP contribution is 2.17. The van der Waals surface area contributed by atoms with Crippen molar-refractivity contribution in [3.8, 4) is 0 Å². The average Bonchev–Trinajstić information content (AvgIpc) is 2.58. The number of aromatic nitrogens is 2. The van der Waals surface area contributed by atoms with E-state index in [0.717, 1.165) is 24.7 Å². The Morgan fingerprint density at radius 2 is 1.87 bits per heavy atom. The Labute approximate surface area is 90.7 Å². The van der Waals surface area contributed by atoms with Crippen LogP contribution >= 0.6 is 0 Å². The van der Waals surface area contributed by atoms with Gasteiger partial charge in [0, 0.05) is 20.1 Å². The smallest absolute Gasteiger partial charge is 0.149 e. The van der Waals surface area contributed by atoms with E-state index < -0.39 is 0 Å². The van der Waals surface area contributed by atoms with Gasteiger partial charge in [0.25, 0.3) is 0 Å². The van der Waals surface area contributed by atoms with Crippen LogP contribution in [0.15, 0.2) is 12.4 Å². The molecule has 0 unspecified atom stereocenters. The molecule has 1 N–H and O–H groups in total. The lowest BCUT2D eigenvalue weighted by molar-refractivity contribution is 0.726. The predicted octanol–water partition coefficient (Wildman–Crippen LogP) is 1.90. The molecule has 1 aromatic heterocycles. The van der Waals surface area contributed by atoms with Crippen LogP contribution in [0.2, 0.25) is 0 Å². The van der Waals surface area contributed by atoms with Crippen LogP contribution in [0.1, 0.15) is 25.7 Å². The molecular formula is C11H18N4. The lowest BCUT2D eigenvalue weighted by Gasteiger charge is -2.21. The van der Waals surface area contributed by atoms with Gasteiger partial charge in [-0.2, -0.15) is 0 Å². The number of nitrogens with one attached hydrogen (secondary N) is 1. The number of hydrogen-bond acceptors (Lipinski definition) is 4. The molecule has 1 aliphatic heterocycles. The maximum absolute atomic E-state index is 4.51. The fourth-order valence-electron chi connectivity index (χ4n) is 1.93. The molecule has 2 rings (SSSR count). The molecule has 0 aromatic carbocycles. The first-order chi connectivity index (χ1) is 7.40. The minimum atomic E-state index is 0.844. The van der Waals surface area contributed by atoms with E-state index in [1.807, 2.05) is 13.2 Å². The molecule has 4 heteroatoms. The van der Waals surface area contributed by atoms with E-state index in [9.17, 15) is 0 Å². The van der Waals surface area contributed by atoms with Crippen LogP contribution in [-0.4, -0.2) is 30.1 Å². The fourth-order valence-corrected chi connectivity index (χ4v) is 1.93. The Morgan fingerprint density at radius 1 is 1.13 bits per heavy atom. The summed E-state index contributed by atoms with van der Waals surface area (Å²) in [6.07, 6.45) is 8.83. The Hall–Kier alpha value is -1.32. The van der Waals surface area contributed by atoms with Crippen molar-refractivity contribution >= 4 is 11.6 Å². The molecule has 0 saturated carbocycles. The Kier molecular flexibility index (Phi) is 3.37. The summed E-state index contributed by atoms with van der Waals surface area (Å²) < 4.78 is 0. The van der Waals surface area contributed by atoms with Crippen molar-refractivity contribution in [2.24, 2.45) is 0 Å². The van der Waals surface area contributed by atoms with E-state index in [2.05, 4.69) is 20.2 Å². The summed E-state index contributed by atoms with van der Waals surface area (Å²) >= 11 is 0. The highest BCUT2D eigenvalue weighted by molar-refractivity contribution is 5.43. The molecule has 0 spiro atoms. The average molecular weight is 206 g/mol. The highest BCUT2D eigenvalue weighted by Gasteiger charge is 2.11. The van der Waals surface area contributed by atoms with Crippen molar-refractivity contribution in [2.45, 2.75) is 25.7 Å². The Balaban J connectivity index is 2.12. The van der Waals surface area contributed by atoms with Gasteiger partial charge in [-0.15, -0.1) is 0 Å². The standard InChI is InChI=1S/C11H18N4/c1-12-10-8-13-9-11(14-10)15-6-4-2-3-5-7-15/h8-9H,2-7H2,1H3,(H,12,14). The van der Waals surface area contributed by atoms with Crippen LogP contribution in [-0.2, 0) is 0 Å². The maximum atomic E-state index is 4.51. The number of rotatable bonds is 2. The van der Waals surface area contributed by atoms with Gasteiger partial charge in [-0.25, -0.2) is 4.98 Å². The molecule has 1 fully saturated rings. The molecule has 15 heavy (non-hydrogen) atoms. The van der Waals surface area contributed by atoms with Crippen molar-refractivity contribution in [1.82, 2.24) is 9.97 Å². The van der Waals surface area contributed by atoms with Crippen LogP contribution < -0.4 is 10.2 Å². The third-order valence-electron chi connectivity index (χ3n) is 2.81. The highest BCUT2D eigenvalue weighted by atomic mass is 15.2. The molecule has 0 aliphatic carbocycles. The van der Waals surface area contributed by atoms with E-state index in [-0.39, 0.29) is 0 Å². The lowest BCUT2D eigenvalue weighted by atomic mass is 10.2. The molecule has 0 radical (unpaired) electrons. The molecule has 0 bridgehead atoms. The monoisotopic (exact) mass is 206 g/mol. The zero-order chi connectivity index (χ0) is 10.5. The van der Waals surface area contributed by atoms with Gasteiger partial charge in [0.1, 0.15) is 11.6 Å². The van der Waals surface area contributed by atoms with E-state index in [1.54, 1.807) is 6.20 Å². The topological polar surface area (TPSA) is 41.1 Å². The third kappa shape index (κ3) is 2.58. The number of hydrogen-bond donors (Lipinski definition) is 1. The van der Waals surface area contributed by atoms with Crippen LogP contribution in [0.4, 0.5) is 11.6 Å². The zero-order valence-electron chi connectivity index (χ0n) is 9.24. The van der Waals surface area contributed by atoms with Gasteiger partial charge in [-0.3, -0.25) is 4.98 Å². The Morgan fingerprint density at radius 3 is 2.53 bits per heavy atom. The van der Waals surface area contributed by atoms with Crippen LogP contribution in [0.25, 0.3) is 0 Å². The minimum Gasteiger partial charge on any atom is -0.372 e. The van der Waals surface area contributed by atoms with E-state index in [4.69, 9.17) is 0 Å². The second-order valence-electron chi connectivity index (χ2n) is 3.91. The molecule has 1 aromatic rings. The van der Waals surface area contributed by atoms with Gasteiger partial charge >= 0.3 is 0 Å². The van der Waals surface area contributed by atoms with Crippen molar-refractivity contribution in [1.29, 1.82) is 0 Å². The first kappa shape index (κ1) is 10.2. The summed E-state index contributed by atoms with van der Waals surface area (Å²) in [5.41, 5.74) is 0. The van der Waals surface area contributed by atoms with Crippen LogP contribution in [0.5, 0.6) is 0 Å². The summed E-state index contributed by atoms with van der Waals surface area (Å²) in [6, 6.07) is 0. The van der Waals surface area contributed by atoms with E-state index in [1.165, 1.54) is 25.7 Å². The van der Waals surface area contributed by atoms with Crippen LogP contribution in [0, 0.1) is 0 Å². The quantitative estimate of drug-likeness (QED) is 0.802. The van der Waals surface area contributed by atoms with Gasteiger partial charge in [-0.1, -0.05) is 12.8 Å². The van der Waals surface area contributed by atoms with Crippen molar-refractivity contribution < 1.29 is 0 Å².